The highest BCUT2D eigenvalue weighted by Gasteiger charge is 2.45. The van der Waals surface area contributed by atoms with Gasteiger partial charge in [-0.05, 0) is 63.1 Å². The summed E-state index contributed by atoms with van der Waals surface area (Å²) in [5.41, 5.74) is 4.00. The number of pyridine rings is 2. The first-order valence-electron chi connectivity index (χ1n) is 12.4. The summed E-state index contributed by atoms with van der Waals surface area (Å²) >= 11 is 0. The van der Waals surface area contributed by atoms with Crippen LogP contribution in [0.4, 0.5) is 0 Å². The molecule has 4 heterocycles. The van der Waals surface area contributed by atoms with Gasteiger partial charge < -0.3 is 15.5 Å². The number of ether oxygens (including phenoxy) is 1. The van der Waals surface area contributed by atoms with Crippen molar-refractivity contribution in [3.63, 3.8) is 0 Å². The fraction of sp³-hybridized carbons (Fsp3) is 0.407. The lowest BCUT2D eigenvalue weighted by Gasteiger charge is -2.50. The second kappa shape index (κ2) is 9.90. The topological polar surface area (TPSA) is 141 Å². The van der Waals surface area contributed by atoms with Crippen LogP contribution in [-0.4, -0.2) is 49.8 Å². The number of hydrogen-bond acceptors (Lipinski definition) is 9. The van der Waals surface area contributed by atoms with Gasteiger partial charge in [-0.2, -0.15) is 15.6 Å². The van der Waals surface area contributed by atoms with Crippen LogP contribution >= 0.6 is 0 Å². The molecule has 1 atom stereocenters. The van der Waals surface area contributed by atoms with E-state index in [1.165, 1.54) is 6.20 Å². The van der Waals surface area contributed by atoms with Crippen LogP contribution in [0.2, 0.25) is 0 Å². The highest BCUT2D eigenvalue weighted by atomic mass is 16.5. The molecule has 1 saturated heterocycles. The molecule has 3 aromatic heterocycles. The van der Waals surface area contributed by atoms with Gasteiger partial charge in [0.2, 0.25) is 5.88 Å². The molecule has 0 radical (unpaired) electrons. The number of aliphatic imine (C=N–C) groups is 1. The Hall–Kier alpha value is -4.44. The fourth-order valence-electron chi connectivity index (χ4n) is 5.47. The highest BCUT2D eigenvalue weighted by Crippen LogP contribution is 2.50. The summed E-state index contributed by atoms with van der Waals surface area (Å²) < 4.78 is 7.96. The van der Waals surface area contributed by atoms with Crippen molar-refractivity contribution in [2.24, 2.45) is 21.4 Å². The average Bonchev–Trinajstić information content (AvgIpc) is 3.32. The lowest BCUT2D eigenvalue weighted by atomic mass is 9.60. The van der Waals surface area contributed by atoms with Crippen LogP contribution in [0.3, 0.4) is 0 Å². The smallest absolute Gasteiger partial charge is 0.201 e. The first-order chi connectivity index (χ1) is 17.9. The van der Waals surface area contributed by atoms with Gasteiger partial charge in [0, 0.05) is 30.9 Å². The summed E-state index contributed by atoms with van der Waals surface area (Å²) in [6.45, 7) is 5.48. The fourth-order valence-corrected chi connectivity index (χ4v) is 5.47. The lowest BCUT2D eigenvalue weighted by Crippen LogP contribution is -2.47. The molecule has 0 bridgehead atoms. The Morgan fingerprint density at radius 1 is 1.22 bits per heavy atom. The molecule has 3 aromatic rings. The molecule has 1 aliphatic heterocycles. The van der Waals surface area contributed by atoms with Crippen LogP contribution < -0.4 is 10.6 Å². The van der Waals surface area contributed by atoms with E-state index in [9.17, 15) is 5.26 Å². The lowest BCUT2D eigenvalue weighted by molar-refractivity contribution is 0.0357. The van der Waals surface area contributed by atoms with Crippen LogP contribution in [0.5, 0.6) is 5.88 Å². The Labute approximate surface area is 215 Å². The van der Waals surface area contributed by atoms with Gasteiger partial charge >= 0.3 is 0 Å². The number of hydrazone groups is 1. The molecule has 5 rings (SSSR count). The SMILES string of the molecule is CC(=NC1CC2(CCN(C#N)CC2)C1)/C(=N\N)c1cc(OC(C)c2ccccn2)n2c(C#N)cnc2c1. The van der Waals surface area contributed by atoms with Crippen molar-refractivity contribution in [2.75, 3.05) is 13.1 Å². The van der Waals surface area contributed by atoms with Crippen molar-refractivity contribution in [3.05, 3.63) is 59.7 Å². The normalized spacial score (nSPS) is 18.8. The standard InChI is InChI=1S/C27H29N9O/c1-18(33-21-13-27(14-21)6-9-35(17-29)10-7-27)26(34-30)20-11-24-32-16-22(15-28)36(24)25(12-20)37-19(2)23-5-3-4-8-31-23/h3-5,8,11-12,16,19,21H,6-7,9-10,13-14,30H2,1-2H3/b33-18?,34-26+. The molecule has 2 fully saturated rings. The Bertz CT molecular complexity index is 1430. The first kappa shape index (κ1) is 24.3. The number of nitrogens with zero attached hydrogens (tertiary/aromatic N) is 8. The Kier molecular flexibility index (Phi) is 6.49. The molecule has 1 aliphatic carbocycles. The molecule has 10 heteroatoms. The summed E-state index contributed by atoms with van der Waals surface area (Å²) in [6.07, 6.45) is 9.24. The van der Waals surface area contributed by atoms with Gasteiger partial charge in [-0.3, -0.25) is 14.4 Å². The summed E-state index contributed by atoms with van der Waals surface area (Å²) in [5.74, 6) is 6.31. The molecule has 1 saturated carbocycles. The van der Waals surface area contributed by atoms with Gasteiger partial charge in [-0.15, -0.1) is 0 Å². The van der Waals surface area contributed by atoms with Gasteiger partial charge in [-0.25, -0.2) is 4.98 Å². The van der Waals surface area contributed by atoms with Crippen LogP contribution in [-0.2, 0) is 0 Å². The number of nitriles is 2. The number of fused-ring (bicyclic) bond motifs is 1. The predicted octanol–water partition coefficient (Wildman–Crippen LogP) is 3.59. The van der Waals surface area contributed by atoms with Crippen LogP contribution in [0.25, 0.3) is 5.65 Å². The van der Waals surface area contributed by atoms with Crippen molar-refractivity contribution >= 4 is 17.1 Å². The molecular formula is C27H29N9O. The minimum absolute atomic E-state index is 0.214. The van der Waals surface area contributed by atoms with Crippen molar-refractivity contribution in [2.45, 2.75) is 51.7 Å². The van der Waals surface area contributed by atoms with Crippen LogP contribution in [0.1, 0.15) is 62.6 Å². The van der Waals surface area contributed by atoms with E-state index in [0.717, 1.165) is 50.2 Å². The molecule has 1 unspecified atom stereocenters. The van der Waals surface area contributed by atoms with E-state index in [1.54, 1.807) is 10.6 Å². The first-order valence-corrected chi connectivity index (χ1v) is 12.4. The second-order valence-corrected chi connectivity index (χ2v) is 9.89. The predicted molar refractivity (Wildman–Crippen MR) is 139 cm³/mol. The number of nitrogens with two attached hydrogens (primary N) is 1. The Balaban J connectivity index is 1.40. The minimum Gasteiger partial charge on any atom is -0.469 e. The quantitative estimate of drug-likeness (QED) is 0.238. The monoisotopic (exact) mass is 495 g/mol. The molecule has 0 aromatic carbocycles. The third-order valence-corrected chi connectivity index (χ3v) is 7.51. The third-order valence-electron chi connectivity index (χ3n) is 7.51. The summed E-state index contributed by atoms with van der Waals surface area (Å²) in [4.78, 5) is 15.6. The number of imidazole rings is 1. The van der Waals surface area contributed by atoms with Gasteiger partial charge in [0.05, 0.1) is 23.6 Å². The zero-order valence-corrected chi connectivity index (χ0v) is 21.0. The number of likely N-dealkylation sites (tertiary alicyclic amines) is 1. The Morgan fingerprint density at radius 3 is 2.65 bits per heavy atom. The second-order valence-electron chi connectivity index (χ2n) is 9.89. The van der Waals surface area contributed by atoms with Crippen molar-refractivity contribution < 1.29 is 4.74 Å². The van der Waals surface area contributed by atoms with Crippen molar-refractivity contribution in [1.82, 2.24) is 19.3 Å². The van der Waals surface area contributed by atoms with E-state index in [2.05, 4.69) is 27.3 Å². The zero-order chi connectivity index (χ0) is 26.0. The number of rotatable bonds is 6. The van der Waals surface area contributed by atoms with Gasteiger partial charge in [-0.1, -0.05) is 6.07 Å². The maximum Gasteiger partial charge on any atom is 0.201 e. The molecule has 2 aliphatic rings. The average molecular weight is 496 g/mol. The van der Waals surface area contributed by atoms with Gasteiger partial charge in [0.25, 0.3) is 0 Å². The van der Waals surface area contributed by atoms with E-state index >= 15 is 0 Å². The van der Waals surface area contributed by atoms with Crippen LogP contribution in [0.15, 0.2) is 52.8 Å². The molecule has 0 amide bonds. The largest absolute Gasteiger partial charge is 0.469 e. The maximum atomic E-state index is 9.62. The highest BCUT2D eigenvalue weighted by molar-refractivity contribution is 6.47. The number of hydrogen-bond donors (Lipinski definition) is 1. The summed E-state index contributed by atoms with van der Waals surface area (Å²) in [5, 5.41) is 22.8. The van der Waals surface area contributed by atoms with Crippen molar-refractivity contribution in [3.8, 4) is 18.1 Å². The summed E-state index contributed by atoms with van der Waals surface area (Å²) in [6, 6.07) is 11.7. The molecule has 37 heavy (non-hydrogen) atoms. The molecule has 188 valence electrons. The molecular weight excluding hydrogens is 466 g/mol. The van der Waals surface area contributed by atoms with E-state index in [0.29, 0.717) is 33.9 Å². The molecule has 1 spiro atoms. The van der Waals surface area contributed by atoms with Crippen molar-refractivity contribution in [1.29, 1.82) is 10.5 Å². The third kappa shape index (κ3) is 4.70. The Morgan fingerprint density at radius 2 is 2.00 bits per heavy atom. The van der Waals surface area contributed by atoms with E-state index in [-0.39, 0.29) is 12.1 Å². The maximum absolute atomic E-state index is 9.62. The minimum atomic E-state index is -0.361. The summed E-state index contributed by atoms with van der Waals surface area (Å²) in [7, 11) is 0. The van der Waals surface area contributed by atoms with E-state index < -0.39 is 0 Å². The number of aromatic nitrogens is 3. The van der Waals surface area contributed by atoms with E-state index in [1.807, 2.05) is 49.1 Å². The number of piperidine rings is 1. The molecule has 10 nitrogen and oxygen atoms in total. The molecule has 2 N–H and O–H groups in total. The van der Waals surface area contributed by atoms with E-state index in [4.69, 9.17) is 20.8 Å². The van der Waals surface area contributed by atoms with Gasteiger partial charge in [0.15, 0.2) is 6.19 Å². The van der Waals surface area contributed by atoms with Gasteiger partial charge in [0.1, 0.15) is 29.2 Å². The zero-order valence-electron chi connectivity index (χ0n) is 21.0. The van der Waals surface area contributed by atoms with Crippen LogP contribution in [0, 0.1) is 28.2 Å².